The van der Waals surface area contributed by atoms with Gasteiger partial charge in [0.05, 0.1) is 6.21 Å². The van der Waals surface area contributed by atoms with Gasteiger partial charge in [-0.3, -0.25) is 0 Å². The van der Waals surface area contributed by atoms with Crippen LogP contribution in [0.3, 0.4) is 0 Å². The molecule has 0 saturated heterocycles. The van der Waals surface area contributed by atoms with Crippen LogP contribution in [0.4, 0.5) is 0 Å². The number of hydrogen-bond donors (Lipinski definition) is 0. The van der Waals surface area contributed by atoms with E-state index in [1.54, 1.807) is 24.2 Å². The number of hydrogen-bond acceptors (Lipinski definition) is 4. The summed E-state index contributed by atoms with van der Waals surface area (Å²) >= 11 is 1.61. The highest BCUT2D eigenvalue weighted by atomic mass is 32.2. The van der Waals surface area contributed by atoms with Crippen LogP contribution in [0.25, 0.3) is 0 Å². The normalized spacial score (nSPS) is 10.9. The number of aryl methyl sites for hydroxylation is 1. The first-order valence-corrected chi connectivity index (χ1v) is 8.52. The smallest absolute Gasteiger partial charge is 0.142 e. The van der Waals surface area contributed by atoms with E-state index >= 15 is 0 Å². The standard InChI is InChI=1S/C20H18N2OS/c1-16-9-11-17(12-10-16)15-23-22-14-18-6-5-13-21-20(18)24-19-7-3-2-4-8-19/h2-14H,15H2,1H3/b22-14-. The zero-order chi connectivity index (χ0) is 16.6. The Balaban J connectivity index is 1.63. The molecular weight excluding hydrogens is 316 g/mol. The van der Waals surface area contributed by atoms with Crippen LogP contribution in [-0.4, -0.2) is 11.2 Å². The van der Waals surface area contributed by atoms with E-state index in [2.05, 4.69) is 41.3 Å². The van der Waals surface area contributed by atoms with Crippen LogP contribution in [0.15, 0.2) is 88.0 Å². The topological polar surface area (TPSA) is 34.5 Å². The van der Waals surface area contributed by atoms with Crippen molar-refractivity contribution in [3.63, 3.8) is 0 Å². The Morgan fingerprint density at radius 2 is 1.79 bits per heavy atom. The van der Waals surface area contributed by atoms with E-state index < -0.39 is 0 Å². The van der Waals surface area contributed by atoms with E-state index in [4.69, 9.17) is 4.84 Å². The van der Waals surface area contributed by atoms with Crippen LogP contribution in [-0.2, 0) is 11.4 Å². The highest BCUT2D eigenvalue weighted by molar-refractivity contribution is 7.99. The zero-order valence-electron chi connectivity index (χ0n) is 13.4. The monoisotopic (exact) mass is 334 g/mol. The summed E-state index contributed by atoms with van der Waals surface area (Å²) < 4.78 is 0. The quantitative estimate of drug-likeness (QED) is 0.465. The fourth-order valence-corrected chi connectivity index (χ4v) is 2.95. The molecule has 3 nitrogen and oxygen atoms in total. The van der Waals surface area contributed by atoms with Crippen molar-refractivity contribution in [2.75, 3.05) is 0 Å². The summed E-state index contributed by atoms with van der Waals surface area (Å²) in [5, 5.41) is 4.99. The van der Waals surface area contributed by atoms with Crippen molar-refractivity contribution in [2.24, 2.45) is 5.16 Å². The molecule has 0 amide bonds. The fourth-order valence-electron chi connectivity index (χ4n) is 2.08. The van der Waals surface area contributed by atoms with Crippen molar-refractivity contribution in [3.8, 4) is 0 Å². The first-order chi connectivity index (χ1) is 11.8. The van der Waals surface area contributed by atoms with Gasteiger partial charge in [-0.15, -0.1) is 0 Å². The molecule has 0 atom stereocenters. The third-order valence-electron chi connectivity index (χ3n) is 3.38. The van der Waals surface area contributed by atoms with Gasteiger partial charge >= 0.3 is 0 Å². The molecule has 3 rings (SSSR count). The average Bonchev–Trinajstić information content (AvgIpc) is 2.62. The molecule has 0 saturated carbocycles. The van der Waals surface area contributed by atoms with Gasteiger partial charge < -0.3 is 4.84 Å². The number of nitrogens with zero attached hydrogens (tertiary/aromatic N) is 2. The van der Waals surface area contributed by atoms with Gasteiger partial charge in [0.25, 0.3) is 0 Å². The lowest BCUT2D eigenvalue weighted by Gasteiger charge is -2.04. The minimum absolute atomic E-state index is 0.457. The second-order valence-electron chi connectivity index (χ2n) is 5.31. The summed E-state index contributed by atoms with van der Waals surface area (Å²) in [6.45, 7) is 2.52. The molecular formula is C20H18N2OS. The molecule has 2 aromatic carbocycles. The molecule has 0 N–H and O–H groups in total. The predicted molar refractivity (Wildman–Crippen MR) is 98.4 cm³/mol. The third kappa shape index (κ3) is 4.70. The van der Waals surface area contributed by atoms with Crippen molar-refractivity contribution in [1.29, 1.82) is 0 Å². The summed E-state index contributed by atoms with van der Waals surface area (Å²) in [6.07, 6.45) is 3.50. The van der Waals surface area contributed by atoms with E-state index in [0.717, 1.165) is 21.0 Å². The molecule has 0 aliphatic rings. The van der Waals surface area contributed by atoms with Crippen LogP contribution in [0.1, 0.15) is 16.7 Å². The van der Waals surface area contributed by atoms with E-state index in [0.29, 0.717) is 6.61 Å². The fraction of sp³-hybridized carbons (Fsp3) is 0.100. The molecule has 0 unspecified atom stereocenters. The van der Waals surface area contributed by atoms with Crippen LogP contribution in [0.5, 0.6) is 0 Å². The molecule has 0 aliphatic carbocycles. The van der Waals surface area contributed by atoms with Crippen LogP contribution in [0.2, 0.25) is 0 Å². The Labute approximate surface area is 146 Å². The number of rotatable bonds is 6. The average molecular weight is 334 g/mol. The Morgan fingerprint density at radius 3 is 2.58 bits per heavy atom. The SMILES string of the molecule is Cc1ccc(CO/N=C\c2cccnc2Sc2ccccc2)cc1. The van der Waals surface area contributed by atoms with Gasteiger partial charge in [-0.1, -0.05) is 64.9 Å². The maximum Gasteiger partial charge on any atom is 0.142 e. The lowest BCUT2D eigenvalue weighted by molar-refractivity contribution is 0.132. The van der Waals surface area contributed by atoms with Gasteiger partial charge in [0.1, 0.15) is 11.6 Å². The molecule has 0 bridgehead atoms. The molecule has 1 heterocycles. The van der Waals surface area contributed by atoms with Crippen molar-refractivity contribution in [2.45, 2.75) is 23.5 Å². The number of oxime groups is 1. The molecule has 120 valence electrons. The third-order valence-corrected chi connectivity index (χ3v) is 4.42. The van der Waals surface area contributed by atoms with E-state index in [1.165, 1.54) is 5.56 Å². The first-order valence-electron chi connectivity index (χ1n) is 7.70. The largest absolute Gasteiger partial charge is 0.391 e. The number of benzene rings is 2. The zero-order valence-corrected chi connectivity index (χ0v) is 14.2. The summed E-state index contributed by atoms with van der Waals surface area (Å²) in [4.78, 5) is 11.0. The molecule has 0 aliphatic heterocycles. The Hall–Kier alpha value is -2.59. The Kier molecular flexibility index (Phi) is 5.64. The van der Waals surface area contributed by atoms with E-state index in [1.807, 2.05) is 42.5 Å². The second kappa shape index (κ2) is 8.31. The maximum absolute atomic E-state index is 5.40. The molecule has 3 aromatic rings. The van der Waals surface area contributed by atoms with Crippen LogP contribution < -0.4 is 0 Å². The summed E-state index contributed by atoms with van der Waals surface area (Å²) in [7, 11) is 0. The lowest BCUT2D eigenvalue weighted by Crippen LogP contribution is -1.92. The number of pyridine rings is 1. The van der Waals surface area contributed by atoms with Gasteiger partial charge in [-0.2, -0.15) is 0 Å². The summed E-state index contributed by atoms with van der Waals surface area (Å²) in [5.74, 6) is 0. The second-order valence-corrected chi connectivity index (χ2v) is 6.37. The Morgan fingerprint density at radius 1 is 1.00 bits per heavy atom. The van der Waals surface area contributed by atoms with Gasteiger partial charge in [0, 0.05) is 16.7 Å². The predicted octanol–water partition coefficient (Wildman–Crippen LogP) is 5.09. The van der Waals surface area contributed by atoms with Gasteiger partial charge in [-0.05, 0) is 36.8 Å². The van der Waals surface area contributed by atoms with Crippen LogP contribution >= 0.6 is 11.8 Å². The van der Waals surface area contributed by atoms with Crippen molar-refractivity contribution < 1.29 is 4.84 Å². The number of aromatic nitrogens is 1. The maximum atomic E-state index is 5.40. The minimum atomic E-state index is 0.457. The first kappa shape index (κ1) is 16.3. The highest BCUT2D eigenvalue weighted by Crippen LogP contribution is 2.27. The summed E-state index contributed by atoms with van der Waals surface area (Å²) in [6, 6.07) is 22.3. The van der Waals surface area contributed by atoms with Gasteiger partial charge in [0.15, 0.2) is 0 Å². The van der Waals surface area contributed by atoms with Crippen molar-refractivity contribution in [1.82, 2.24) is 4.98 Å². The van der Waals surface area contributed by atoms with E-state index in [9.17, 15) is 0 Å². The molecule has 1 aromatic heterocycles. The molecule has 24 heavy (non-hydrogen) atoms. The van der Waals surface area contributed by atoms with Gasteiger partial charge in [-0.25, -0.2) is 4.98 Å². The van der Waals surface area contributed by atoms with Crippen molar-refractivity contribution in [3.05, 3.63) is 89.6 Å². The van der Waals surface area contributed by atoms with Crippen LogP contribution in [0, 0.1) is 6.92 Å². The van der Waals surface area contributed by atoms with E-state index in [-0.39, 0.29) is 0 Å². The molecule has 4 heteroatoms. The highest BCUT2D eigenvalue weighted by Gasteiger charge is 2.03. The van der Waals surface area contributed by atoms with Crippen molar-refractivity contribution >= 4 is 18.0 Å². The Bertz CT molecular complexity index is 801. The van der Waals surface area contributed by atoms with Gasteiger partial charge in [0.2, 0.25) is 0 Å². The molecule has 0 fully saturated rings. The minimum Gasteiger partial charge on any atom is -0.391 e. The summed E-state index contributed by atoms with van der Waals surface area (Å²) in [5.41, 5.74) is 3.28. The molecule has 0 spiro atoms. The lowest BCUT2D eigenvalue weighted by atomic mass is 10.2. The molecule has 0 radical (unpaired) electrons.